The Balaban J connectivity index is 1.41. The molecule has 212 valence electrons. The van der Waals surface area contributed by atoms with Crippen molar-refractivity contribution in [1.82, 2.24) is 40.7 Å². The summed E-state index contributed by atoms with van der Waals surface area (Å²) in [6.07, 6.45) is 4.89. The summed E-state index contributed by atoms with van der Waals surface area (Å²) in [4.78, 5) is 41.8. The average Bonchev–Trinajstić information content (AvgIpc) is 3.72. The van der Waals surface area contributed by atoms with E-state index in [1.807, 2.05) is 5.38 Å². The fraction of sp³-hybridized carbons (Fsp3) is 0.143. The van der Waals surface area contributed by atoms with E-state index < -0.39 is 17.5 Å². The summed E-state index contributed by atoms with van der Waals surface area (Å²) in [6, 6.07) is 13.2. The second-order valence-electron chi connectivity index (χ2n) is 9.02. The van der Waals surface area contributed by atoms with Crippen LogP contribution in [0.5, 0.6) is 0 Å². The predicted octanol–water partition coefficient (Wildman–Crippen LogP) is 3.35. The lowest BCUT2D eigenvalue weighted by atomic mass is 10.0. The van der Waals surface area contributed by atoms with Gasteiger partial charge in [-0.25, -0.2) is 10.1 Å². The van der Waals surface area contributed by atoms with Crippen molar-refractivity contribution < 1.29 is 14.3 Å². The third kappa shape index (κ3) is 7.00. The van der Waals surface area contributed by atoms with E-state index in [9.17, 15) is 14.4 Å². The van der Waals surface area contributed by atoms with E-state index in [2.05, 4.69) is 36.0 Å². The number of aromatic amines is 1. The van der Waals surface area contributed by atoms with Crippen LogP contribution in [0.15, 0.2) is 76.6 Å². The molecule has 2 aromatic carbocycles. The molecule has 42 heavy (non-hydrogen) atoms. The number of hydrogen-bond acceptors (Lipinski definition) is 10. The summed E-state index contributed by atoms with van der Waals surface area (Å²) < 4.78 is 6.18. The number of esters is 1. The van der Waals surface area contributed by atoms with Crippen molar-refractivity contribution in [1.29, 1.82) is 0 Å². The van der Waals surface area contributed by atoms with E-state index in [4.69, 9.17) is 16.3 Å². The maximum Gasteiger partial charge on any atom is 0.309 e. The van der Waals surface area contributed by atoms with Crippen molar-refractivity contribution in [2.75, 3.05) is 7.11 Å². The molecule has 0 unspecified atom stereocenters. The number of halogens is 1. The number of benzene rings is 2. The Morgan fingerprint density at radius 1 is 1.19 bits per heavy atom. The van der Waals surface area contributed by atoms with Gasteiger partial charge < -0.3 is 10.1 Å². The standard InChI is InChI=1S/C28H23ClN8O4S/c1-41-27(39)10-17-2-4-18(5-3-17)22-13-24(33-34-28(22)40)23(12-21-14-42-16-30-21)32-26(38)9-6-19-11-20(29)7-8-25(19)37-15-31-35-36-37/h2-9,11,13-16,23H,10,12H2,1H3,(H,32,38)(H,34,40)/b9-6+/t23-/m0/s1. The second-order valence-corrected chi connectivity index (χ2v) is 10.2. The van der Waals surface area contributed by atoms with Crippen LogP contribution >= 0.6 is 22.9 Å². The van der Waals surface area contributed by atoms with E-state index in [0.717, 1.165) is 11.3 Å². The van der Waals surface area contributed by atoms with Crippen molar-refractivity contribution in [3.05, 3.63) is 110 Å². The van der Waals surface area contributed by atoms with Gasteiger partial charge in [0.1, 0.15) is 6.33 Å². The summed E-state index contributed by atoms with van der Waals surface area (Å²) in [5.41, 5.74) is 5.51. The molecule has 0 saturated carbocycles. The number of amides is 1. The highest BCUT2D eigenvalue weighted by molar-refractivity contribution is 7.07. The Morgan fingerprint density at radius 3 is 2.74 bits per heavy atom. The molecule has 1 amide bonds. The van der Waals surface area contributed by atoms with E-state index in [1.165, 1.54) is 35.5 Å². The molecule has 3 heterocycles. The molecule has 12 nitrogen and oxygen atoms in total. The molecule has 0 fully saturated rings. The zero-order valence-corrected chi connectivity index (χ0v) is 23.7. The number of ether oxygens (including phenoxy) is 1. The number of carbonyl (C=O) groups excluding carboxylic acids is 2. The first kappa shape index (κ1) is 28.5. The van der Waals surface area contributed by atoms with Gasteiger partial charge in [0.05, 0.1) is 47.7 Å². The first-order chi connectivity index (χ1) is 20.4. The second kappa shape index (κ2) is 13.1. The molecule has 5 rings (SSSR count). The molecule has 1 atom stereocenters. The monoisotopic (exact) mass is 602 g/mol. The minimum atomic E-state index is -0.614. The molecule has 5 aromatic rings. The van der Waals surface area contributed by atoms with Gasteiger partial charge in [0.15, 0.2) is 0 Å². The highest BCUT2D eigenvalue weighted by atomic mass is 35.5. The highest BCUT2D eigenvalue weighted by Gasteiger charge is 2.19. The fourth-order valence-electron chi connectivity index (χ4n) is 4.16. The van der Waals surface area contributed by atoms with Crippen LogP contribution in [0.1, 0.15) is 28.6 Å². The van der Waals surface area contributed by atoms with Gasteiger partial charge in [0, 0.05) is 28.5 Å². The first-order valence-electron chi connectivity index (χ1n) is 12.5. The number of nitrogens with zero attached hydrogens (tertiary/aromatic N) is 6. The van der Waals surface area contributed by atoms with Gasteiger partial charge in [-0.15, -0.1) is 16.4 Å². The smallest absolute Gasteiger partial charge is 0.309 e. The number of aromatic nitrogens is 7. The minimum Gasteiger partial charge on any atom is -0.469 e. The molecule has 0 saturated heterocycles. The van der Waals surface area contributed by atoms with Gasteiger partial charge in [-0.2, -0.15) is 9.78 Å². The zero-order valence-electron chi connectivity index (χ0n) is 22.1. The molecular weight excluding hydrogens is 580 g/mol. The van der Waals surface area contributed by atoms with Gasteiger partial charge in [-0.05, 0) is 51.9 Å². The lowest BCUT2D eigenvalue weighted by Gasteiger charge is -2.17. The number of methoxy groups -OCH3 is 1. The van der Waals surface area contributed by atoms with Gasteiger partial charge in [-0.3, -0.25) is 14.4 Å². The van der Waals surface area contributed by atoms with Gasteiger partial charge >= 0.3 is 5.97 Å². The van der Waals surface area contributed by atoms with Gasteiger partial charge in [0.2, 0.25) is 5.91 Å². The molecule has 3 aromatic heterocycles. The molecule has 0 aliphatic heterocycles. The van der Waals surface area contributed by atoms with Crippen LogP contribution in [0.25, 0.3) is 22.9 Å². The molecule has 0 aliphatic rings. The van der Waals surface area contributed by atoms with Gasteiger partial charge in [-0.1, -0.05) is 35.9 Å². The molecule has 0 aliphatic carbocycles. The maximum atomic E-state index is 13.2. The number of H-pyrrole nitrogens is 1. The number of nitrogens with one attached hydrogen (secondary N) is 2. The first-order valence-corrected chi connectivity index (χ1v) is 13.9. The predicted molar refractivity (Wildman–Crippen MR) is 156 cm³/mol. The van der Waals surface area contributed by atoms with Crippen LogP contribution in [0, 0.1) is 0 Å². The van der Waals surface area contributed by atoms with Crippen LogP contribution in [-0.4, -0.2) is 54.4 Å². The Morgan fingerprint density at radius 2 is 2.02 bits per heavy atom. The third-order valence-electron chi connectivity index (χ3n) is 6.23. The Kier molecular flexibility index (Phi) is 8.90. The van der Waals surface area contributed by atoms with Crippen LogP contribution in [0.2, 0.25) is 5.02 Å². The van der Waals surface area contributed by atoms with Crippen LogP contribution < -0.4 is 10.9 Å². The zero-order chi connectivity index (χ0) is 29.5. The Bertz CT molecular complexity index is 1770. The maximum absolute atomic E-state index is 13.2. The topological polar surface area (TPSA) is 158 Å². The van der Waals surface area contributed by atoms with Crippen LogP contribution in [0.3, 0.4) is 0 Å². The molecule has 0 bridgehead atoms. The molecule has 0 radical (unpaired) electrons. The third-order valence-corrected chi connectivity index (χ3v) is 7.10. The lowest BCUT2D eigenvalue weighted by molar-refractivity contribution is -0.139. The van der Waals surface area contributed by atoms with Crippen molar-refractivity contribution in [3.63, 3.8) is 0 Å². The van der Waals surface area contributed by atoms with E-state index in [1.54, 1.807) is 60.1 Å². The molecular formula is C28H23ClN8O4S. The summed E-state index contributed by atoms with van der Waals surface area (Å²) in [5, 5.41) is 23.3. The molecule has 2 N–H and O–H groups in total. The normalized spacial score (nSPS) is 11.9. The Labute approximate surface area is 248 Å². The average molecular weight is 603 g/mol. The van der Waals surface area contributed by atoms with E-state index in [-0.39, 0.29) is 12.4 Å². The van der Waals surface area contributed by atoms with Crippen molar-refractivity contribution >= 4 is 40.9 Å². The number of tetrazole rings is 1. The summed E-state index contributed by atoms with van der Waals surface area (Å²) in [7, 11) is 1.33. The SMILES string of the molecule is COC(=O)Cc1ccc(-c2cc([C@H](Cc3cscn3)NC(=O)/C=C/c3cc(Cl)ccc3-n3cnnn3)n[nH]c2=O)cc1. The fourth-order valence-corrected chi connectivity index (χ4v) is 4.91. The summed E-state index contributed by atoms with van der Waals surface area (Å²) in [5.74, 6) is -0.761. The highest BCUT2D eigenvalue weighted by Crippen LogP contribution is 2.23. The van der Waals surface area contributed by atoms with Gasteiger partial charge in [0.25, 0.3) is 5.56 Å². The lowest BCUT2D eigenvalue weighted by Crippen LogP contribution is -2.30. The number of rotatable bonds is 10. The van der Waals surface area contributed by atoms with Crippen LogP contribution in [-0.2, 0) is 27.2 Å². The van der Waals surface area contributed by atoms with Crippen LogP contribution in [0.4, 0.5) is 0 Å². The molecule has 14 heteroatoms. The van der Waals surface area contributed by atoms with Crippen molar-refractivity contribution in [2.24, 2.45) is 0 Å². The summed E-state index contributed by atoms with van der Waals surface area (Å²) in [6.45, 7) is 0. The molecule has 0 spiro atoms. The number of hydrogen-bond donors (Lipinski definition) is 2. The van der Waals surface area contributed by atoms with Crippen molar-refractivity contribution in [2.45, 2.75) is 18.9 Å². The minimum absolute atomic E-state index is 0.121. The Hall–Kier alpha value is -5.01. The largest absolute Gasteiger partial charge is 0.469 e. The number of carbonyl (C=O) groups is 2. The number of thiazole rings is 1. The van der Waals surface area contributed by atoms with E-state index >= 15 is 0 Å². The van der Waals surface area contributed by atoms with Crippen molar-refractivity contribution in [3.8, 4) is 16.8 Å². The quantitative estimate of drug-likeness (QED) is 0.181. The van der Waals surface area contributed by atoms with E-state index in [0.29, 0.717) is 39.5 Å². The summed E-state index contributed by atoms with van der Waals surface area (Å²) >= 11 is 7.63.